The van der Waals surface area contributed by atoms with Crippen molar-refractivity contribution in [1.82, 2.24) is 5.32 Å². The summed E-state index contributed by atoms with van der Waals surface area (Å²) in [5.74, 6) is 0.900. The lowest BCUT2D eigenvalue weighted by molar-refractivity contribution is -0.115. The summed E-state index contributed by atoms with van der Waals surface area (Å²) >= 11 is 0.875. The number of carbonyl (C=O) groups is 2. The minimum atomic E-state index is -0.766. The topological polar surface area (TPSA) is 84.9 Å². The molecule has 0 aliphatic carbocycles. The third-order valence-corrected chi connectivity index (χ3v) is 4.54. The average molecular weight is 385 g/mol. The Bertz CT molecular complexity index is 846. The highest BCUT2D eigenvalue weighted by atomic mass is 32.2. The maximum atomic E-state index is 11.5. The summed E-state index contributed by atoms with van der Waals surface area (Å²) in [7, 11) is 0. The number of aliphatic hydroxyl groups is 1. The highest BCUT2D eigenvalue weighted by Crippen LogP contribution is 2.26. The second-order valence-electron chi connectivity index (χ2n) is 6.01. The zero-order valence-electron chi connectivity index (χ0n) is 14.7. The second kappa shape index (κ2) is 8.75. The van der Waals surface area contributed by atoms with Crippen LogP contribution >= 0.6 is 11.8 Å². The van der Waals surface area contributed by atoms with Crippen LogP contribution in [0.15, 0.2) is 53.4 Å². The smallest absolute Gasteiger partial charge is 0.290 e. The third-order valence-electron chi connectivity index (χ3n) is 3.73. The van der Waals surface area contributed by atoms with Crippen molar-refractivity contribution >= 4 is 29.0 Å². The highest BCUT2D eigenvalue weighted by Gasteiger charge is 2.24. The van der Waals surface area contributed by atoms with E-state index in [4.69, 9.17) is 9.47 Å². The maximum Gasteiger partial charge on any atom is 0.290 e. The van der Waals surface area contributed by atoms with E-state index in [1.54, 1.807) is 30.3 Å². The Morgan fingerprint density at radius 1 is 1.00 bits per heavy atom. The van der Waals surface area contributed by atoms with Gasteiger partial charge in [-0.15, -0.1) is 0 Å². The zero-order chi connectivity index (χ0) is 19.2. The Kier molecular flexibility index (Phi) is 6.16. The monoisotopic (exact) mass is 385 g/mol. The van der Waals surface area contributed by atoms with Gasteiger partial charge in [-0.2, -0.15) is 0 Å². The van der Waals surface area contributed by atoms with E-state index in [1.807, 2.05) is 31.2 Å². The van der Waals surface area contributed by atoms with Crippen LogP contribution < -0.4 is 14.8 Å². The standard InChI is InChI=1S/C20H19NO5S/c1-13-2-6-16(7-3-13)25-11-15(22)12-26-17-8-4-14(5-9-17)10-18-19(23)21-20(24)27-18/h2-10,15,22H,11-12H2,1H3,(H,21,23,24)/t15-/m0/s1. The molecule has 0 spiro atoms. The van der Waals surface area contributed by atoms with Crippen LogP contribution in [0.5, 0.6) is 11.5 Å². The molecule has 27 heavy (non-hydrogen) atoms. The first-order valence-corrected chi connectivity index (χ1v) is 9.16. The molecule has 0 radical (unpaired) electrons. The lowest BCUT2D eigenvalue weighted by atomic mass is 10.2. The third kappa shape index (κ3) is 5.60. The van der Waals surface area contributed by atoms with Gasteiger partial charge in [0.1, 0.15) is 30.8 Å². The first-order valence-electron chi connectivity index (χ1n) is 8.35. The first-order chi connectivity index (χ1) is 13.0. The number of carbonyl (C=O) groups excluding carboxylic acids is 2. The molecule has 0 saturated carbocycles. The number of ether oxygens (including phenoxy) is 2. The number of thioether (sulfide) groups is 1. The van der Waals surface area contributed by atoms with Crippen molar-refractivity contribution in [2.24, 2.45) is 0 Å². The molecule has 1 saturated heterocycles. The van der Waals surface area contributed by atoms with Gasteiger partial charge in [-0.1, -0.05) is 29.8 Å². The number of hydrogen-bond acceptors (Lipinski definition) is 6. The molecule has 0 bridgehead atoms. The summed E-state index contributed by atoms with van der Waals surface area (Å²) in [6.45, 7) is 2.22. The van der Waals surface area contributed by atoms with E-state index in [0.717, 1.165) is 22.9 Å². The fourth-order valence-corrected chi connectivity index (χ4v) is 2.98. The molecule has 2 aromatic carbocycles. The van der Waals surface area contributed by atoms with Gasteiger partial charge >= 0.3 is 0 Å². The molecule has 6 nitrogen and oxygen atoms in total. The summed E-state index contributed by atoms with van der Waals surface area (Å²) < 4.78 is 11.1. The largest absolute Gasteiger partial charge is 0.491 e. The highest BCUT2D eigenvalue weighted by molar-refractivity contribution is 8.18. The minimum Gasteiger partial charge on any atom is -0.491 e. The van der Waals surface area contributed by atoms with Gasteiger partial charge in [0, 0.05) is 0 Å². The SMILES string of the molecule is Cc1ccc(OC[C@H](O)COc2ccc(C=C3SC(=O)NC3=O)cc2)cc1. The van der Waals surface area contributed by atoms with Gasteiger partial charge in [0.25, 0.3) is 11.1 Å². The Balaban J connectivity index is 1.47. The molecule has 2 aromatic rings. The lowest BCUT2D eigenvalue weighted by Gasteiger charge is -2.14. The second-order valence-corrected chi connectivity index (χ2v) is 7.02. The van der Waals surface area contributed by atoms with Gasteiger partial charge in [0.15, 0.2) is 0 Å². The summed E-state index contributed by atoms with van der Waals surface area (Å²) in [6.07, 6.45) is 0.872. The van der Waals surface area contributed by atoms with E-state index in [0.29, 0.717) is 16.4 Å². The lowest BCUT2D eigenvalue weighted by Crippen LogP contribution is -2.25. The number of benzene rings is 2. The number of aliphatic hydroxyl groups excluding tert-OH is 1. The molecule has 1 heterocycles. The van der Waals surface area contributed by atoms with Crippen LogP contribution in [-0.2, 0) is 4.79 Å². The molecule has 0 unspecified atom stereocenters. The van der Waals surface area contributed by atoms with Crippen molar-refractivity contribution in [3.8, 4) is 11.5 Å². The molecule has 2 N–H and O–H groups in total. The Morgan fingerprint density at radius 3 is 2.07 bits per heavy atom. The van der Waals surface area contributed by atoms with Gasteiger partial charge in [-0.3, -0.25) is 14.9 Å². The number of aryl methyl sites for hydroxylation is 1. The first kappa shape index (κ1) is 19.0. The molecular formula is C20H19NO5S. The normalized spacial score (nSPS) is 16.3. The predicted octanol–water partition coefficient (Wildman–Crippen LogP) is 3.14. The molecule has 1 fully saturated rings. The van der Waals surface area contributed by atoms with Gasteiger partial charge in [-0.25, -0.2) is 0 Å². The predicted molar refractivity (Wildman–Crippen MR) is 104 cm³/mol. The summed E-state index contributed by atoms with van der Waals surface area (Å²) in [6, 6.07) is 14.6. The van der Waals surface area contributed by atoms with Crippen LogP contribution in [0.2, 0.25) is 0 Å². The van der Waals surface area contributed by atoms with Gasteiger partial charge in [-0.05, 0) is 54.6 Å². The Morgan fingerprint density at radius 2 is 1.56 bits per heavy atom. The molecule has 3 rings (SSSR count). The van der Waals surface area contributed by atoms with Crippen LogP contribution in [0.3, 0.4) is 0 Å². The molecule has 140 valence electrons. The molecule has 1 aliphatic heterocycles. The van der Waals surface area contributed by atoms with Crippen LogP contribution in [0.1, 0.15) is 11.1 Å². The van der Waals surface area contributed by atoms with Crippen LogP contribution in [0, 0.1) is 6.92 Å². The fourth-order valence-electron chi connectivity index (χ4n) is 2.30. The van der Waals surface area contributed by atoms with Crippen molar-refractivity contribution in [1.29, 1.82) is 0 Å². The summed E-state index contributed by atoms with van der Waals surface area (Å²) in [5.41, 5.74) is 1.92. The van der Waals surface area contributed by atoms with E-state index in [-0.39, 0.29) is 24.4 Å². The Hall–Kier alpha value is -2.77. The summed E-state index contributed by atoms with van der Waals surface area (Å²) in [5, 5.41) is 11.8. The number of amides is 2. The van der Waals surface area contributed by atoms with Crippen molar-refractivity contribution in [2.75, 3.05) is 13.2 Å². The Labute approximate surface area is 161 Å². The molecule has 2 amide bonds. The van der Waals surface area contributed by atoms with Gasteiger partial charge in [0.05, 0.1) is 4.91 Å². The molecule has 1 aliphatic rings. The van der Waals surface area contributed by atoms with Crippen molar-refractivity contribution < 1.29 is 24.2 Å². The van der Waals surface area contributed by atoms with E-state index >= 15 is 0 Å². The zero-order valence-corrected chi connectivity index (χ0v) is 15.5. The molecule has 1 atom stereocenters. The molecule has 0 aromatic heterocycles. The molecular weight excluding hydrogens is 366 g/mol. The number of hydrogen-bond donors (Lipinski definition) is 2. The van der Waals surface area contributed by atoms with Crippen LogP contribution in [0.4, 0.5) is 4.79 Å². The van der Waals surface area contributed by atoms with E-state index in [2.05, 4.69) is 5.32 Å². The van der Waals surface area contributed by atoms with Crippen LogP contribution in [0.25, 0.3) is 6.08 Å². The van der Waals surface area contributed by atoms with Crippen LogP contribution in [-0.4, -0.2) is 35.6 Å². The fraction of sp³-hybridized carbons (Fsp3) is 0.200. The van der Waals surface area contributed by atoms with Crippen molar-refractivity contribution in [3.63, 3.8) is 0 Å². The van der Waals surface area contributed by atoms with E-state index in [1.165, 1.54) is 0 Å². The van der Waals surface area contributed by atoms with Crippen molar-refractivity contribution in [3.05, 3.63) is 64.6 Å². The molecule has 7 heteroatoms. The number of nitrogens with one attached hydrogen (secondary N) is 1. The van der Waals surface area contributed by atoms with E-state index < -0.39 is 6.10 Å². The van der Waals surface area contributed by atoms with E-state index in [9.17, 15) is 14.7 Å². The minimum absolute atomic E-state index is 0.0963. The van der Waals surface area contributed by atoms with Gasteiger partial charge in [0.2, 0.25) is 0 Å². The average Bonchev–Trinajstić information content (AvgIpc) is 2.97. The summed E-state index contributed by atoms with van der Waals surface area (Å²) in [4.78, 5) is 23.0. The number of imide groups is 1. The number of rotatable bonds is 7. The van der Waals surface area contributed by atoms with Crippen molar-refractivity contribution in [2.45, 2.75) is 13.0 Å². The van der Waals surface area contributed by atoms with Gasteiger partial charge < -0.3 is 14.6 Å². The maximum absolute atomic E-state index is 11.5. The quantitative estimate of drug-likeness (QED) is 0.713.